The van der Waals surface area contributed by atoms with Crippen molar-refractivity contribution >= 4 is 5.97 Å². The zero-order valence-electron chi connectivity index (χ0n) is 6.91. The molecule has 1 saturated carbocycles. The second-order valence-corrected chi connectivity index (χ2v) is 3.23. The van der Waals surface area contributed by atoms with Gasteiger partial charge in [-0.3, -0.25) is 4.79 Å². The lowest BCUT2D eigenvalue weighted by atomic mass is 10.1. The van der Waals surface area contributed by atoms with Crippen LogP contribution in [0, 0.1) is 0 Å². The van der Waals surface area contributed by atoms with E-state index in [-0.39, 0.29) is 17.0 Å². The number of aromatic nitrogens is 1. The highest BCUT2D eigenvalue weighted by molar-refractivity contribution is 5.89. The maximum absolute atomic E-state index is 10.9. The molecular weight excluding hydrogens is 170 g/mol. The second-order valence-electron chi connectivity index (χ2n) is 3.23. The van der Waals surface area contributed by atoms with E-state index in [4.69, 9.17) is 5.11 Å². The van der Waals surface area contributed by atoms with Gasteiger partial charge in [-0.15, -0.1) is 0 Å². The summed E-state index contributed by atoms with van der Waals surface area (Å²) in [5.74, 6) is -0.724. The van der Waals surface area contributed by atoms with Crippen LogP contribution in [0.4, 0.5) is 0 Å². The first-order valence-electron chi connectivity index (χ1n) is 4.15. The highest BCUT2D eigenvalue weighted by atomic mass is 16.4. The number of nitrogens with one attached hydrogen (secondary N) is 1. The number of carboxylic acid groups (broad SMARTS) is 1. The molecule has 0 saturated heterocycles. The number of pyridine rings is 1. The lowest BCUT2D eigenvalue weighted by molar-refractivity contribution is 0.0695. The van der Waals surface area contributed by atoms with E-state index in [1.807, 2.05) is 0 Å². The highest BCUT2D eigenvalue weighted by Gasteiger charge is 2.28. The van der Waals surface area contributed by atoms with Gasteiger partial charge in [0.05, 0.1) is 5.56 Å². The Bertz CT molecular complexity index is 404. The van der Waals surface area contributed by atoms with Crippen LogP contribution in [0.25, 0.3) is 0 Å². The van der Waals surface area contributed by atoms with E-state index >= 15 is 0 Å². The molecule has 0 amide bonds. The Labute approximate surface area is 74.2 Å². The van der Waals surface area contributed by atoms with Crippen LogP contribution >= 0.6 is 0 Å². The molecule has 2 rings (SSSR count). The van der Waals surface area contributed by atoms with Gasteiger partial charge in [0.15, 0.2) is 0 Å². The maximum atomic E-state index is 10.9. The molecule has 4 nitrogen and oxygen atoms in total. The van der Waals surface area contributed by atoms with Crippen LogP contribution in [0.15, 0.2) is 16.9 Å². The second kappa shape index (κ2) is 2.73. The van der Waals surface area contributed by atoms with Crippen LogP contribution in [-0.2, 0) is 0 Å². The molecule has 2 N–H and O–H groups in total. The third-order valence-corrected chi connectivity index (χ3v) is 2.17. The summed E-state index contributed by atoms with van der Waals surface area (Å²) in [6.07, 6.45) is 1.94. The Hall–Kier alpha value is -1.58. The van der Waals surface area contributed by atoms with Gasteiger partial charge in [0.2, 0.25) is 5.56 Å². The van der Waals surface area contributed by atoms with Gasteiger partial charge in [-0.2, -0.15) is 0 Å². The normalized spacial score (nSPS) is 15.7. The van der Waals surface area contributed by atoms with Crippen LogP contribution < -0.4 is 5.56 Å². The Morgan fingerprint density at radius 2 is 2.15 bits per heavy atom. The van der Waals surface area contributed by atoms with Gasteiger partial charge in [0.1, 0.15) is 0 Å². The molecule has 1 aromatic rings. The Morgan fingerprint density at radius 1 is 1.46 bits per heavy atom. The van der Waals surface area contributed by atoms with Crippen molar-refractivity contribution in [2.24, 2.45) is 0 Å². The minimum atomic E-state index is -0.974. The SMILES string of the molecule is O=C(O)c1ccc(=O)[nH]c1C1CC1. The molecule has 68 valence electrons. The molecule has 1 fully saturated rings. The van der Waals surface area contributed by atoms with E-state index in [9.17, 15) is 9.59 Å². The van der Waals surface area contributed by atoms with E-state index in [1.165, 1.54) is 12.1 Å². The third kappa shape index (κ3) is 1.47. The van der Waals surface area contributed by atoms with Crippen molar-refractivity contribution in [3.05, 3.63) is 33.7 Å². The fraction of sp³-hybridized carbons (Fsp3) is 0.333. The predicted molar refractivity (Wildman–Crippen MR) is 46.0 cm³/mol. The average molecular weight is 179 g/mol. The molecule has 0 spiro atoms. The molecule has 0 atom stereocenters. The number of rotatable bonds is 2. The van der Waals surface area contributed by atoms with Gasteiger partial charge in [-0.05, 0) is 18.9 Å². The summed E-state index contributed by atoms with van der Waals surface area (Å²) in [7, 11) is 0. The van der Waals surface area contributed by atoms with E-state index in [1.54, 1.807) is 0 Å². The lowest BCUT2D eigenvalue weighted by Crippen LogP contribution is -2.12. The van der Waals surface area contributed by atoms with Crippen LogP contribution in [0.1, 0.15) is 34.8 Å². The van der Waals surface area contributed by atoms with Gasteiger partial charge >= 0.3 is 5.97 Å². The number of carboxylic acids is 1. The molecule has 13 heavy (non-hydrogen) atoms. The Balaban J connectivity index is 2.54. The van der Waals surface area contributed by atoms with Gasteiger partial charge < -0.3 is 10.1 Å². The van der Waals surface area contributed by atoms with E-state index in [0.717, 1.165) is 12.8 Å². The van der Waals surface area contributed by atoms with Crippen LogP contribution in [-0.4, -0.2) is 16.1 Å². The van der Waals surface area contributed by atoms with Crippen molar-refractivity contribution in [2.45, 2.75) is 18.8 Å². The van der Waals surface area contributed by atoms with Crippen LogP contribution in [0.5, 0.6) is 0 Å². The first-order chi connectivity index (χ1) is 6.18. The molecule has 1 aliphatic rings. The molecule has 0 radical (unpaired) electrons. The van der Waals surface area contributed by atoms with Gasteiger partial charge in [-0.25, -0.2) is 4.79 Å². The van der Waals surface area contributed by atoms with Crippen molar-refractivity contribution in [1.29, 1.82) is 0 Å². The molecule has 0 aromatic carbocycles. The molecule has 1 aromatic heterocycles. The summed E-state index contributed by atoms with van der Waals surface area (Å²) >= 11 is 0. The molecule has 0 unspecified atom stereocenters. The molecule has 0 bridgehead atoms. The highest BCUT2D eigenvalue weighted by Crippen LogP contribution is 2.39. The summed E-state index contributed by atoms with van der Waals surface area (Å²) in [6, 6.07) is 2.62. The summed E-state index contributed by atoms with van der Waals surface area (Å²) in [5, 5.41) is 8.81. The van der Waals surface area contributed by atoms with Crippen molar-refractivity contribution in [1.82, 2.24) is 4.98 Å². The molecular formula is C9H9NO3. The molecule has 1 aliphatic carbocycles. The summed E-state index contributed by atoms with van der Waals surface area (Å²) in [5.41, 5.74) is 0.578. The monoisotopic (exact) mass is 179 g/mol. The van der Waals surface area contributed by atoms with Crippen molar-refractivity contribution < 1.29 is 9.90 Å². The van der Waals surface area contributed by atoms with Crippen molar-refractivity contribution in [2.75, 3.05) is 0 Å². The fourth-order valence-electron chi connectivity index (χ4n) is 1.37. The van der Waals surface area contributed by atoms with E-state index in [0.29, 0.717) is 5.69 Å². The van der Waals surface area contributed by atoms with Crippen LogP contribution in [0.2, 0.25) is 0 Å². The topological polar surface area (TPSA) is 70.2 Å². The number of H-pyrrole nitrogens is 1. The minimum absolute atomic E-state index is 0.224. The summed E-state index contributed by atoms with van der Waals surface area (Å²) in [4.78, 5) is 24.3. The zero-order valence-corrected chi connectivity index (χ0v) is 6.91. The standard InChI is InChI=1S/C9H9NO3/c11-7-4-3-6(9(12)13)8(10-7)5-1-2-5/h3-5H,1-2H2,(H,10,11)(H,12,13). The lowest BCUT2D eigenvalue weighted by Gasteiger charge is -2.02. The summed E-state index contributed by atoms with van der Waals surface area (Å²) in [6.45, 7) is 0. The molecule has 0 aliphatic heterocycles. The first-order valence-corrected chi connectivity index (χ1v) is 4.15. The zero-order chi connectivity index (χ0) is 9.42. The quantitative estimate of drug-likeness (QED) is 0.710. The average Bonchev–Trinajstić information content (AvgIpc) is 2.85. The Morgan fingerprint density at radius 3 is 2.69 bits per heavy atom. The third-order valence-electron chi connectivity index (χ3n) is 2.17. The number of aromatic amines is 1. The predicted octanol–water partition coefficient (Wildman–Crippen LogP) is 0.951. The van der Waals surface area contributed by atoms with E-state index in [2.05, 4.69) is 4.98 Å². The number of carbonyl (C=O) groups is 1. The Kier molecular flexibility index (Phi) is 1.69. The van der Waals surface area contributed by atoms with Gasteiger partial charge in [0, 0.05) is 17.7 Å². The van der Waals surface area contributed by atoms with Crippen molar-refractivity contribution in [3.8, 4) is 0 Å². The first kappa shape index (κ1) is 8.04. The number of hydrogen-bond donors (Lipinski definition) is 2. The number of aromatic carboxylic acids is 1. The van der Waals surface area contributed by atoms with Crippen LogP contribution in [0.3, 0.4) is 0 Å². The maximum Gasteiger partial charge on any atom is 0.337 e. The molecule has 4 heteroatoms. The fourth-order valence-corrected chi connectivity index (χ4v) is 1.37. The largest absolute Gasteiger partial charge is 0.478 e. The van der Waals surface area contributed by atoms with E-state index < -0.39 is 5.97 Å². The molecule has 1 heterocycles. The van der Waals surface area contributed by atoms with Crippen molar-refractivity contribution in [3.63, 3.8) is 0 Å². The van der Waals surface area contributed by atoms with Gasteiger partial charge in [0.25, 0.3) is 0 Å². The van der Waals surface area contributed by atoms with Gasteiger partial charge in [-0.1, -0.05) is 0 Å². The number of hydrogen-bond acceptors (Lipinski definition) is 2. The summed E-state index contributed by atoms with van der Waals surface area (Å²) < 4.78 is 0. The minimum Gasteiger partial charge on any atom is -0.478 e. The smallest absolute Gasteiger partial charge is 0.337 e.